The number of pyridine rings is 1. The molecule has 1 heterocycles. The summed E-state index contributed by atoms with van der Waals surface area (Å²) in [7, 11) is 0. The monoisotopic (exact) mass is 242 g/mol. The molecule has 0 bridgehead atoms. The lowest BCUT2D eigenvalue weighted by molar-refractivity contribution is -0.117. The number of hydrogen-bond donors (Lipinski definition) is 1. The Morgan fingerprint density at radius 1 is 1.22 bits per heavy atom. The highest BCUT2D eigenvalue weighted by Crippen LogP contribution is 2.19. The van der Waals surface area contributed by atoms with Crippen molar-refractivity contribution in [2.75, 3.05) is 0 Å². The Morgan fingerprint density at radius 3 is 2.78 bits per heavy atom. The lowest BCUT2D eigenvalue weighted by Gasteiger charge is -2.10. The second kappa shape index (κ2) is 5.82. The van der Waals surface area contributed by atoms with Crippen LogP contribution in [0.4, 0.5) is 0 Å². The molecule has 0 aliphatic heterocycles. The van der Waals surface area contributed by atoms with Crippen molar-refractivity contribution in [1.82, 2.24) is 4.98 Å². The molecule has 1 aromatic carbocycles. The van der Waals surface area contributed by atoms with Gasteiger partial charge in [-0.25, -0.2) is 0 Å². The molecular formula is C14H14N2O2. The predicted octanol–water partition coefficient (Wildman–Crippen LogP) is 1.69. The molecule has 0 atom stereocenters. The van der Waals surface area contributed by atoms with E-state index in [-0.39, 0.29) is 12.3 Å². The summed E-state index contributed by atoms with van der Waals surface area (Å²) >= 11 is 0. The van der Waals surface area contributed by atoms with Gasteiger partial charge in [0.15, 0.2) is 0 Å². The molecule has 2 N–H and O–H groups in total. The van der Waals surface area contributed by atoms with Crippen LogP contribution >= 0.6 is 0 Å². The van der Waals surface area contributed by atoms with Crippen LogP contribution in [0.25, 0.3) is 0 Å². The SMILES string of the molecule is NC(=O)Cc1ccccc1OCc1cccnc1. The minimum atomic E-state index is -0.368. The molecule has 0 unspecified atom stereocenters. The van der Waals surface area contributed by atoms with E-state index in [2.05, 4.69) is 4.98 Å². The molecule has 0 spiro atoms. The molecule has 0 aliphatic carbocycles. The van der Waals surface area contributed by atoms with Crippen LogP contribution < -0.4 is 10.5 Å². The summed E-state index contributed by atoms with van der Waals surface area (Å²) in [5, 5.41) is 0. The zero-order valence-corrected chi connectivity index (χ0v) is 9.87. The van der Waals surface area contributed by atoms with Crippen molar-refractivity contribution in [3.05, 3.63) is 59.9 Å². The molecular weight excluding hydrogens is 228 g/mol. The largest absolute Gasteiger partial charge is 0.489 e. The number of carbonyl (C=O) groups excluding carboxylic acids is 1. The fourth-order valence-electron chi connectivity index (χ4n) is 1.62. The van der Waals surface area contributed by atoms with Gasteiger partial charge in [0.1, 0.15) is 12.4 Å². The Labute approximate surface area is 105 Å². The highest BCUT2D eigenvalue weighted by Gasteiger charge is 2.06. The van der Waals surface area contributed by atoms with Gasteiger partial charge in [-0.1, -0.05) is 24.3 Å². The maximum atomic E-state index is 11.0. The van der Waals surface area contributed by atoms with Crippen LogP contribution in [0.2, 0.25) is 0 Å². The second-order valence-corrected chi connectivity index (χ2v) is 3.90. The normalized spacial score (nSPS) is 10.0. The summed E-state index contributed by atoms with van der Waals surface area (Å²) in [4.78, 5) is 15.0. The van der Waals surface area contributed by atoms with E-state index in [1.54, 1.807) is 12.4 Å². The summed E-state index contributed by atoms with van der Waals surface area (Å²) in [6, 6.07) is 11.2. The average Bonchev–Trinajstić information content (AvgIpc) is 2.38. The van der Waals surface area contributed by atoms with E-state index in [1.807, 2.05) is 36.4 Å². The average molecular weight is 242 g/mol. The first-order valence-corrected chi connectivity index (χ1v) is 5.63. The molecule has 4 nitrogen and oxygen atoms in total. The van der Waals surface area contributed by atoms with Crippen molar-refractivity contribution >= 4 is 5.91 Å². The topological polar surface area (TPSA) is 65.2 Å². The van der Waals surface area contributed by atoms with Gasteiger partial charge in [0.05, 0.1) is 6.42 Å². The summed E-state index contributed by atoms with van der Waals surface area (Å²) in [6.45, 7) is 0.420. The molecule has 0 radical (unpaired) electrons. The van der Waals surface area contributed by atoms with Crippen LogP contribution in [0.15, 0.2) is 48.8 Å². The van der Waals surface area contributed by atoms with Gasteiger partial charge < -0.3 is 10.5 Å². The molecule has 4 heteroatoms. The van der Waals surface area contributed by atoms with E-state index in [4.69, 9.17) is 10.5 Å². The van der Waals surface area contributed by atoms with Gasteiger partial charge in [-0.05, 0) is 12.1 Å². The lowest BCUT2D eigenvalue weighted by atomic mass is 10.1. The van der Waals surface area contributed by atoms with Gasteiger partial charge in [-0.2, -0.15) is 0 Å². The number of benzene rings is 1. The van der Waals surface area contributed by atoms with Gasteiger partial charge >= 0.3 is 0 Å². The quantitative estimate of drug-likeness (QED) is 0.867. The highest BCUT2D eigenvalue weighted by molar-refractivity contribution is 5.77. The van der Waals surface area contributed by atoms with Crippen molar-refractivity contribution in [2.45, 2.75) is 13.0 Å². The van der Waals surface area contributed by atoms with Gasteiger partial charge in [-0.15, -0.1) is 0 Å². The Morgan fingerprint density at radius 2 is 2.06 bits per heavy atom. The number of para-hydroxylation sites is 1. The van der Waals surface area contributed by atoms with Crippen molar-refractivity contribution in [1.29, 1.82) is 0 Å². The molecule has 92 valence electrons. The molecule has 0 saturated carbocycles. The van der Waals surface area contributed by atoms with Crippen molar-refractivity contribution in [3.63, 3.8) is 0 Å². The Hall–Kier alpha value is -2.36. The summed E-state index contributed by atoms with van der Waals surface area (Å²) in [5.74, 6) is 0.313. The number of nitrogens with zero attached hydrogens (tertiary/aromatic N) is 1. The van der Waals surface area contributed by atoms with Crippen molar-refractivity contribution in [3.8, 4) is 5.75 Å². The van der Waals surface area contributed by atoms with E-state index < -0.39 is 0 Å². The molecule has 0 saturated heterocycles. The van der Waals surface area contributed by atoms with E-state index in [1.165, 1.54) is 0 Å². The minimum Gasteiger partial charge on any atom is -0.489 e. The number of amides is 1. The third kappa shape index (κ3) is 3.31. The predicted molar refractivity (Wildman–Crippen MR) is 67.9 cm³/mol. The number of hydrogen-bond acceptors (Lipinski definition) is 3. The van der Waals surface area contributed by atoms with Crippen LogP contribution in [-0.4, -0.2) is 10.9 Å². The number of primary amides is 1. The zero-order valence-electron chi connectivity index (χ0n) is 9.87. The smallest absolute Gasteiger partial charge is 0.221 e. The van der Waals surface area contributed by atoms with E-state index >= 15 is 0 Å². The Balaban J connectivity index is 2.07. The first-order chi connectivity index (χ1) is 8.75. The minimum absolute atomic E-state index is 0.184. The van der Waals surface area contributed by atoms with Crippen LogP contribution in [0.5, 0.6) is 5.75 Å². The summed E-state index contributed by atoms with van der Waals surface area (Å²) < 4.78 is 5.68. The van der Waals surface area contributed by atoms with Gasteiger partial charge in [-0.3, -0.25) is 9.78 Å². The molecule has 18 heavy (non-hydrogen) atoms. The fourth-order valence-corrected chi connectivity index (χ4v) is 1.62. The second-order valence-electron chi connectivity index (χ2n) is 3.90. The van der Waals surface area contributed by atoms with Gasteiger partial charge in [0.2, 0.25) is 5.91 Å². The molecule has 2 rings (SSSR count). The number of carbonyl (C=O) groups is 1. The molecule has 1 amide bonds. The van der Waals surface area contributed by atoms with Gasteiger partial charge in [0.25, 0.3) is 0 Å². The van der Waals surface area contributed by atoms with Crippen molar-refractivity contribution < 1.29 is 9.53 Å². The van der Waals surface area contributed by atoms with E-state index in [0.29, 0.717) is 12.4 Å². The maximum Gasteiger partial charge on any atom is 0.221 e. The number of aromatic nitrogens is 1. The Bertz CT molecular complexity index is 526. The Kier molecular flexibility index (Phi) is 3.91. The summed E-state index contributed by atoms with van der Waals surface area (Å²) in [6.07, 6.45) is 3.64. The third-order valence-corrected chi connectivity index (χ3v) is 2.45. The maximum absolute atomic E-state index is 11.0. The number of ether oxygens (including phenoxy) is 1. The zero-order chi connectivity index (χ0) is 12.8. The first kappa shape index (κ1) is 12.1. The molecule has 2 aromatic rings. The first-order valence-electron chi connectivity index (χ1n) is 5.63. The van der Waals surface area contributed by atoms with E-state index in [0.717, 1.165) is 11.1 Å². The standard InChI is InChI=1S/C14H14N2O2/c15-14(17)8-12-5-1-2-6-13(12)18-10-11-4-3-7-16-9-11/h1-7,9H,8,10H2,(H2,15,17). The number of nitrogens with two attached hydrogens (primary N) is 1. The van der Waals surface area contributed by atoms with Crippen LogP contribution in [0.1, 0.15) is 11.1 Å². The molecule has 0 aliphatic rings. The van der Waals surface area contributed by atoms with E-state index in [9.17, 15) is 4.79 Å². The molecule has 1 aromatic heterocycles. The lowest BCUT2D eigenvalue weighted by Crippen LogP contribution is -2.14. The number of rotatable bonds is 5. The highest BCUT2D eigenvalue weighted by atomic mass is 16.5. The fraction of sp³-hybridized carbons (Fsp3) is 0.143. The van der Waals surface area contributed by atoms with Crippen LogP contribution in [-0.2, 0) is 17.8 Å². The summed E-state index contributed by atoms with van der Waals surface area (Å²) in [5.41, 5.74) is 6.97. The third-order valence-electron chi connectivity index (χ3n) is 2.45. The van der Waals surface area contributed by atoms with Crippen molar-refractivity contribution in [2.24, 2.45) is 5.73 Å². The van der Waals surface area contributed by atoms with Crippen LogP contribution in [0, 0.1) is 0 Å². The van der Waals surface area contributed by atoms with Gasteiger partial charge in [0, 0.05) is 23.5 Å². The molecule has 0 fully saturated rings. The van der Waals surface area contributed by atoms with Crippen LogP contribution in [0.3, 0.4) is 0 Å².